The average molecular weight is 251 g/mol. The number of halogens is 1. The van der Waals surface area contributed by atoms with Crippen molar-refractivity contribution in [3.8, 4) is 5.75 Å². The Bertz CT molecular complexity index is 567. The zero-order valence-electron chi connectivity index (χ0n) is 9.06. The highest BCUT2D eigenvalue weighted by atomic mass is 35.5. The summed E-state index contributed by atoms with van der Waals surface area (Å²) in [6.45, 7) is 1.27. The van der Waals surface area contributed by atoms with Crippen LogP contribution in [0.2, 0.25) is 5.02 Å². The van der Waals surface area contributed by atoms with Crippen molar-refractivity contribution < 1.29 is 4.74 Å². The van der Waals surface area contributed by atoms with Gasteiger partial charge in [0.1, 0.15) is 5.75 Å². The Hall–Kier alpha value is -1.75. The molecule has 0 atom stereocenters. The summed E-state index contributed by atoms with van der Waals surface area (Å²) in [7, 11) is 0. The highest BCUT2D eigenvalue weighted by Crippen LogP contribution is 2.33. The molecule has 2 heterocycles. The summed E-state index contributed by atoms with van der Waals surface area (Å²) < 4.78 is 7.28. The first-order valence-corrected chi connectivity index (χ1v) is 5.70. The number of anilines is 1. The quantitative estimate of drug-likeness (QED) is 0.877. The fourth-order valence-corrected chi connectivity index (χ4v) is 2.29. The molecule has 2 aromatic rings. The van der Waals surface area contributed by atoms with E-state index in [4.69, 9.17) is 22.1 Å². The molecule has 3 rings (SSSR count). The van der Waals surface area contributed by atoms with Crippen LogP contribution in [0.4, 0.5) is 5.82 Å². The minimum atomic E-state index is 0.407. The number of nitrogens with two attached hydrogens (primary N) is 1. The largest absolute Gasteiger partial charge is 0.493 e. The van der Waals surface area contributed by atoms with E-state index in [0.717, 1.165) is 28.3 Å². The average Bonchev–Trinajstić information content (AvgIpc) is 2.87. The van der Waals surface area contributed by atoms with Crippen LogP contribution in [0.25, 0.3) is 0 Å². The Labute approximate surface area is 103 Å². The van der Waals surface area contributed by atoms with E-state index in [0.29, 0.717) is 19.0 Å². The standard InChI is InChI=1S/C11H11ClN4O/c12-9-3-7-1-2-17-11(7)8(4-9)5-16-6-10(13)14-15-16/h3-4,6H,1-2,5,13H2. The SMILES string of the molecule is Nc1cn(Cc2cc(Cl)cc3c2OCC3)nn1. The first-order chi connectivity index (χ1) is 8.22. The van der Waals surface area contributed by atoms with Gasteiger partial charge < -0.3 is 10.5 Å². The van der Waals surface area contributed by atoms with Gasteiger partial charge in [0.05, 0.1) is 19.3 Å². The van der Waals surface area contributed by atoms with Crippen molar-refractivity contribution in [2.45, 2.75) is 13.0 Å². The summed E-state index contributed by atoms with van der Waals surface area (Å²) in [6, 6.07) is 3.84. The van der Waals surface area contributed by atoms with Gasteiger partial charge in [-0.3, -0.25) is 0 Å². The zero-order valence-corrected chi connectivity index (χ0v) is 9.81. The van der Waals surface area contributed by atoms with Crippen LogP contribution in [0.1, 0.15) is 11.1 Å². The van der Waals surface area contributed by atoms with Gasteiger partial charge in [0.15, 0.2) is 5.82 Å². The maximum atomic E-state index is 6.07. The van der Waals surface area contributed by atoms with Gasteiger partial charge in [-0.05, 0) is 17.7 Å². The molecule has 5 nitrogen and oxygen atoms in total. The van der Waals surface area contributed by atoms with E-state index in [1.54, 1.807) is 10.9 Å². The molecule has 88 valence electrons. The molecule has 1 aromatic heterocycles. The number of benzene rings is 1. The summed E-state index contributed by atoms with van der Waals surface area (Å²) >= 11 is 6.07. The highest BCUT2D eigenvalue weighted by Gasteiger charge is 2.18. The second-order valence-electron chi connectivity index (χ2n) is 3.99. The molecule has 0 spiro atoms. The molecule has 0 aliphatic carbocycles. The first kappa shape index (κ1) is 10.4. The number of nitrogens with zero attached hydrogens (tertiary/aromatic N) is 3. The number of nitrogen functional groups attached to an aromatic ring is 1. The molecule has 1 aromatic carbocycles. The second-order valence-corrected chi connectivity index (χ2v) is 4.43. The van der Waals surface area contributed by atoms with E-state index in [9.17, 15) is 0 Å². The number of aromatic nitrogens is 3. The Morgan fingerprint density at radius 3 is 3.12 bits per heavy atom. The van der Waals surface area contributed by atoms with Crippen molar-refractivity contribution in [2.24, 2.45) is 0 Å². The van der Waals surface area contributed by atoms with E-state index >= 15 is 0 Å². The van der Waals surface area contributed by atoms with Crippen molar-refractivity contribution in [3.05, 3.63) is 34.5 Å². The third-order valence-corrected chi connectivity index (χ3v) is 2.93. The van der Waals surface area contributed by atoms with Gasteiger partial charge in [0, 0.05) is 17.0 Å². The summed E-state index contributed by atoms with van der Waals surface area (Å²) in [4.78, 5) is 0. The molecule has 6 heteroatoms. The smallest absolute Gasteiger partial charge is 0.165 e. The Morgan fingerprint density at radius 2 is 2.35 bits per heavy atom. The predicted octanol–water partition coefficient (Wildman–Crippen LogP) is 1.50. The van der Waals surface area contributed by atoms with Gasteiger partial charge in [-0.15, -0.1) is 5.10 Å². The number of hydrogen-bond donors (Lipinski definition) is 1. The lowest BCUT2D eigenvalue weighted by Gasteiger charge is -2.08. The lowest BCUT2D eigenvalue weighted by molar-refractivity contribution is 0.352. The maximum absolute atomic E-state index is 6.07. The lowest BCUT2D eigenvalue weighted by atomic mass is 10.1. The van der Waals surface area contributed by atoms with Crippen molar-refractivity contribution in [1.82, 2.24) is 15.0 Å². The summed E-state index contributed by atoms with van der Waals surface area (Å²) in [5.74, 6) is 1.33. The molecule has 0 saturated carbocycles. The molecule has 0 fully saturated rings. The van der Waals surface area contributed by atoms with E-state index in [1.165, 1.54) is 0 Å². The van der Waals surface area contributed by atoms with Crippen molar-refractivity contribution in [1.29, 1.82) is 0 Å². The molecule has 0 unspecified atom stereocenters. The van der Waals surface area contributed by atoms with E-state index in [-0.39, 0.29) is 0 Å². The fraction of sp³-hybridized carbons (Fsp3) is 0.273. The van der Waals surface area contributed by atoms with Crippen LogP contribution < -0.4 is 10.5 Å². The predicted molar refractivity (Wildman–Crippen MR) is 64.2 cm³/mol. The van der Waals surface area contributed by atoms with E-state index in [1.807, 2.05) is 12.1 Å². The molecule has 0 radical (unpaired) electrons. The van der Waals surface area contributed by atoms with Crippen LogP contribution in [-0.4, -0.2) is 21.6 Å². The van der Waals surface area contributed by atoms with Crippen LogP contribution in [0.15, 0.2) is 18.3 Å². The summed E-state index contributed by atoms with van der Waals surface area (Å²) in [5, 5.41) is 8.37. The fourth-order valence-electron chi connectivity index (χ4n) is 2.03. The Balaban J connectivity index is 1.98. The molecular weight excluding hydrogens is 240 g/mol. The highest BCUT2D eigenvalue weighted by molar-refractivity contribution is 6.30. The van der Waals surface area contributed by atoms with Gasteiger partial charge in [0.2, 0.25) is 0 Å². The van der Waals surface area contributed by atoms with Gasteiger partial charge >= 0.3 is 0 Å². The Morgan fingerprint density at radius 1 is 1.47 bits per heavy atom. The summed E-state index contributed by atoms with van der Waals surface area (Å²) in [5.41, 5.74) is 7.69. The topological polar surface area (TPSA) is 66.0 Å². The van der Waals surface area contributed by atoms with Crippen LogP contribution in [0.5, 0.6) is 5.75 Å². The van der Waals surface area contributed by atoms with Gasteiger partial charge in [-0.2, -0.15) is 0 Å². The van der Waals surface area contributed by atoms with Gasteiger partial charge in [-0.1, -0.05) is 16.8 Å². The number of ether oxygens (including phenoxy) is 1. The molecular formula is C11H11ClN4O. The minimum Gasteiger partial charge on any atom is -0.493 e. The van der Waals surface area contributed by atoms with Crippen LogP contribution in [-0.2, 0) is 13.0 Å². The first-order valence-electron chi connectivity index (χ1n) is 5.32. The molecule has 1 aliphatic rings. The Kier molecular flexibility index (Phi) is 2.40. The van der Waals surface area contributed by atoms with Gasteiger partial charge in [-0.25, -0.2) is 4.68 Å². The number of fused-ring (bicyclic) bond motifs is 1. The summed E-state index contributed by atoms with van der Waals surface area (Å²) in [6.07, 6.45) is 2.59. The van der Waals surface area contributed by atoms with Crippen molar-refractivity contribution in [2.75, 3.05) is 12.3 Å². The van der Waals surface area contributed by atoms with Crippen LogP contribution in [0, 0.1) is 0 Å². The second kappa shape index (κ2) is 3.92. The van der Waals surface area contributed by atoms with E-state index in [2.05, 4.69) is 10.3 Å². The monoisotopic (exact) mass is 250 g/mol. The normalized spacial score (nSPS) is 13.5. The van der Waals surface area contributed by atoms with Crippen molar-refractivity contribution in [3.63, 3.8) is 0 Å². The third-order valence-electron chi connectivity index (χ3n) is 2.71. The number of rotatable bonds is 2. The van der Waals surface area contributed by atoms with Crippen LogP contribution >= 0.6 is 11.6 Å². The zero-order chi connectivity index (χ0) is 11.8. The van der Waals surface area contributed by atoms with Gasteiger partial charge in [0.25, 0.3) is 0 Å². The molecule has 17 heavy (non-hydrogen) atoms. The molecule has 1 aliphatic heterocycles. The maximum Gasteiger partial charge on any atom is 0.165 e. The van der Waals surface area contributed by atoms with Crippen LogP contribution in [0.3, 0.4) is 0 Å². The molecule has 2 N–H and O–H groups in total. The van der Waals surface area contributed by atoms with E-state index < -0.39 is 0 Å². The molecule has 0 amide bonds. The minimum absolute atomic E-state index is 0.407. The molecule has 0 bridgehead atoms. The lowest BCUT2D eigenvalue weighted by Crippen LogP contribution is -2.02. The third kappa shape index (κ3) is 1.93. The number of hydrogen-bond acceptors (Lipinski definition) is 4. The molecule has 0 saturated heterocycles. The van der Waals surface area contributed by atoms with Crippen molar-refractivity contribution >= 4 is 17.4 Å².